The topological polar surface area (TPSA) is 102 Å². The molecule has 2 aromatic carbocycles. The van der Waals surface area contributed by atoms with Gasteiger partial charge in [-0.2, -0.15) is 4.98 Å². The van der Waals surface area contributed by atoms with Gasteiger partial charge >= 0.3 is 0 Å². The van der Waals surface area contributed by atoms with Gasteiger partial charge in [-0.1, -0.05) is 12.1 Å². The van der Waals surface area contributed by atoms with E-state index in [4.69, 9.17) is 20.4 Å². The Morgan fingerprint density at radius 2 is 1.79 bits per heavy atom. The molecule has 0 spiro atoms. The Labute approximate surface area is 195 Å². The molecule has 1 saturated heterocycles. The number of carbonyl (C=O) groups is 1. The maximum Gasteiger partial charge on any atom is 0.228 e. The van der Waals surface area contributed by atoms with Gasteiger partial charge < -0.3 is 20.3 Å². The van der Waals surface area contributed by atoms with E-state index in [0.29, 0.717) is 66.0 Å². The molecular weight excluding hydrogens is 437 g/mol. The lowest BCUT2D eigenvalue weighted by atomic mass is 10.1. The van der Waals surface area contributed by atoms with Crippen molar-refractivity contribution in [3.8, 4) is 22.7 Å². The molecule has 0 atom stereocenters. The van der Waals surface area contributed by atoms with Gasteiger partial charge in [0.25, 0.3) is 0 Å². The number of benzene rings is 2. The van der Waals surface area contributed by atoms with Crippen LogP contribution in [0.1, 0.15) is 6.92 Å². The summed E-state index contributed by atoms with van der Waals surface area (Å²) < 4.78 is 20.9. The number of rotatable bonds is 4. The fourth-order valence-corrected chi connectivity index (χ4v) is 4.13. The molecule has 1 aliphatic heterocycles. The molecule has 174 valence electrons. The number of halogens is 1. The largest absolute Gasteiger partial charge is 0.497 e. The van der Waals surface area contributed by atoms with Crippen LogP contribution in [0.25, 0.3) is 28.0 Å². The summed E-state index contributed by atoms with van der Waals surface area (Å²) in [6, 6.07) is 13.6. The highest BCUT2D eigenvalue weighted by molar-refractivity contribution is 5.99. The summed E-state index contributed by atoms with van der Waals surface area (Å²) in [7, 11) is 1.60. The Kier molecular flexibility index (Phi) is 5.48. The lowest BCUT2D eigenvalue weighted by Crippen LogP contribution is -2.48. The van der Waals surface area contributed by atoms with E-state index in [9.17, 15) is 9.18 Å². The number of amides is 1. The third-order valence-corrected chi connectivity index (χ3v) is 5.98. The molecule has 5 rings (SSSR count). The molecule has 4 aromatic rings. The number of fused-ring (bicyclic) bond motifs is 1. The van der Waals surface area contributed by atoms with Gasteiger partial charge in [0, 0.05) is 38.7 Å². The van der Waals surface area contributed by atoms with E-state index in [0.717, 1.165) is 5.69 Å². The van der Waals surface area contributed by atoms with Crippen LogP contribution in [0, 0.1) is 5.82 Å². The van der Waals surface area contributed by atoms with Crippen molar-refractivity contribution in [2.45, 2.75) is 6.92 Å². The monoisotopic (exact) mass is 461 g/mol. The Bertz CT molecular complexity index is 1360. The second-order valence-electron chi connectivity index (χ2n) is 8.07. The molecule has 2 aromatic heterocycles. The zero-order valence-corrected chi connectivity index (χ0v) is 18.9. The number of methoxy groups -OCH3 is 1. The molecule has 0 bridgehead atoms. The fraction of sp³-hybridized carbons (Fsp3) is 0.250. The SMILES string of the molecule is COc1ccc(-n2nc3nc(N4CCN(C(C)=O)CC4)nc(-c4cccc(F)c4)c3c2N)cc1. The third kappa shape index (κ3) is 3.87. The Hall–Kier alpha value is -4.21. The summed E-state index contributed by atoms with van der Waals surface area (Å²) in [5.74, 6) is 1.21. The molecule has 3 heterocycles. The predicted molar refractivity (Wildman–Crippen MR) is 127 cm³/mol. The van der Waals surface area contributed by atoms with Crippen molar-refractivity contribution in [3.63, 3.8) is 0 Å². The average molecular weight is 462 g/mol. The van der Waals surface area contributed by atoms with Crippen molar-refractivity contribution in [1.29, 1.82) is 0 Å². The van der Waals surface area contributed by atoms with Crippen molar-refractivity contribution < 1.29 is 13.9 Å². The molecule has 9 nitrogen and oxygen atoms in total. The summed E-state index contributed by atoms with van der Waals surface area (Å²) >= 11 is 0. The van der Waals surface area contributed by atoms with Crippen LogP contribution in [0.2, 0.25) is 0 Å². The number of piperazine rings is 1. The molecule has 1 fully saturated rings. The number of carbonyl (C=O) groups excluding carboxylic acids is 1. The molecule has 2 N–H and O–H groups in total. The second kappa shape index (κ2) is 8.62. The second-order valence-corrected chi connectivity index (χ2v) is 8.07. The number of nitrogen functional groups attached to an aromatic ring is 1. The van der Waals surface area contributed by atoms with Crippen LogP contribution in [-0.2, 0) is 4.79 Å². The molecule has 0 aliphatic carbocycles. The van der Waals surface area contributed by atoms with Crippen molar-refractivity contribution in [2.24, 2.45) is 0 Å². The van der Waals surface area contributed by atoms with E-state index in [2.05, 4.69) is 5.10 Å². The first kappa shape index (κ1) is 21.6. The van der Waals surface area contributed by atoms with E-state index in [1.807, 2.05) is 29.2 Å². The van der Waals surface area contributed by atoms with Gasteiger partial charge in [-0.25, -0.2) is 14.1 Å². The van der Waals surface area contributed by atoms with E-state index < -0.39 is 0 Å². The van der Waals surface area contributed by atoms with Gasteiger partial charge in [-0.3, -0.25) is 4.79 Å². The standard InChI is InChI=1S/C24H24FN7O2/c1-15(33)30-10-12-31(13-11-30)24-27-21(16-4-3-5-17(25)14-16)20-22(26)32(29-23(20)28-24)18-6-8-19(34-2)9-7-18/h3-9,14H,10-13,26H2,1-2H3. The number of nitrogens with zero attached hydrogens (tertiary/aromatic N) is 6. The smallest absolute Gasteiger partial charge is 0.228 e. The first-order valence-electron chi connectivity index (χ1n) is 10.9. The van der Waals surface area contributed by atoms with Gasteiger partial charge in [-0.05, 0) is 36.4 Å². The van der Waals surface area contributed by atoms with Crippen molar-refractivity contribution >= 4 is 28.7 Å². The number of nitrogens with two attached hydrogens (primary N) is 1. The highest BCUT2D eigenvalue weighted by Crippen LogP contribution is 2.34. The van der Waals surface area contributed by atoms with Crippen LogP contribution in [0.15, 0.2) is 48.5 Å². The average Bonchev–Trinajstić information content (AvgIpc) is 3.20. The zero-order chi connectivity index (χ0) is 23.8. The summed E-state index contributed by atoms with van der Waals surface area (Å²) in [6.07, 6.45) is 0. The minimum atomic E-state index is -0.373. The third-order valence-electron chi connectivity index (χ3n) is 5.98. The highest BCUT2D eigenvalue weighted by Gasteiger charge is 2.25. The Balaban J connectivity index is 1.64. The lowest BCUT2D eigenvalue weighted by molar-refractivity contribution is -0.129. The van der Waals surface area contributed by atoms with Gasteiger partial charge in [0.15, 0.2) is 5.65 Å². The summed E-state index contributed by atoms with van der Waals surface area (Å²) in [5, 5.41) is 5.21. The first-order chi connectivity index (χ1) is 16.4. The Morgan fingerprint density at radius 1 is 1.06 bits per heavy atom. The van der Waals surface area contributed by atoms with Crippen molar-refractivity contribution in [3.05, 3.63) is 54.3 Å². The summed E-state index contributed by atoms with van der Waals surface area (Å²) in [6.45, 7) is 3.89. The number of hydrogen-bond donors (Lipinski definition) is 1. The van der Waals surface area contributed by atoms with Gasteiger partial charge in [0.05, 0.1) is 23.9 Å². The summed E-state index contributed by atoms with van der Waals surface area (Å²) in [5.41, 5.74) is 8.76. The van der Waals surface area contributed by atoms with Crippen molar-refractivity contribution in [1.82, 2.24) is 24.6 Å². The van der Waals surface area contributed by atoms with Crippen LogP contribution >= 0.6 is 0 Å². The minimum absolute atomic E-state index is 0.0440. The van der Waals surface area contributed by atoms with E-state index in [1.165, 1.54) is 12.1 Å². The number of hydrogen-bond acceptors (Lipinski definition) is 7. The quantitative estimate of drug-likeness (QED) is 0.499. The maximum atomic E-state index is 14.1. The first-order valence-corrected chi connectivity index (χ1v) is 10.9. The number of ether oxygens (including phenoxy) is 1. The molecule has 34 heavy (non-hydrogen) atoms. The molecule has 10 heteroatoms. The lowest BCUT2D eigenvalue weighted by Gasteiger charge is -2.34. The maximum absolute atomic E-state index is 14.1. The van der Waals surface area contributed by atoms with Gasteiger partial charge in [0.1, 0.15) is 17.4 Å². The van der Waals surface area contributed by atoms with Crippen LogP contribution < -0.4 is 15.4 Å². The van der Waals surface area contributed by atoms with Crippen LogP contribution in [0.5, 0.6) is 5.75 Å². The number of aromatic nitrogens is 4. The van der Waals surface area contributed by atoms with Crippen molar-refractivity contribution in [2.75, 3.05) is 43.9 Å². The minimum Gasteiger partial charge on any atom is -0.497 e. The number of anilines is 2. The molecule has 0 unspecified atom stereocenters. The molecular formula is C24H24FN7O2. The molecule has 1 aliphatic rings. The van der Waals surface area contributed by atoms with Crippen LogP contribution in [0.4, 0.5) is 16.2 Å². The molecule has 1 amide bonds. The van der Waals surface area contributed by atoms with E-state index >= 15 is 0 Å². The fourth-order valence-electron chi connectivity index (χ4n) is 4.13. The van der Waals surface area contributed by atoms with Crippen LogP contribution in [-0.4, -0.2) is 63.8 Å². The highest BCUT2D eigenvalue weighted by atomic mass is 19.1. The predicted octanol–water partition coefficient (Wildman–Crippen LogP) is 2.88. The van der Waals surface area contributed by atoms with Crippen LogP contribution in [0.3, 0.4) is 0 Å². The normalized spacial score (nSPS) is 14.0. The molecule has 0 saturated carbocycles. The molecule has 0 radical (unpaired) electrons. The summed E-state index contributed by atoms with van der Waals surface area (Å²) in [4.78, 5) is 25.0. The van der Waals surface area contributed by atoms with Gasteiger partial charge in [-0.15, -0.1) is 5.10 Å². The zero-order valence-electron chi connectivity index (χ0n) is 18.9. The van der Waals surface area contributed by atoms with E-state index in [1.54, 1.807) is 35.7 Å². The Morgan fingerprint density at radius 3 is 2.44 bits per heavy atom. The van der Waals surface area contributed by atoms with E-state index in [-0.39, 0.29) is 11.7 Å². The van der Waals surface area contributed by atoms with Gasteiger partial charge in [0.2, 0.25) is 11.9 Å².